The number of fused-ring (bicyclic) bond motifs is 1. The number of halogens is 1. The van der Waals surface area contributed by atoms with Crippen LogP contribution >= 0.6 is 27.3 Å². The second-order valence-electron chi connectivity index (χ2n) is 8.22. The van der Waals surface area contributed by atoms with Crippen molar-refractivity contribution in [3.8, 4) is 0 Å². The molecule has 29 heavy (non-hydrogen) atoms. The van der Waals surface area contributed by atoms with Crippen LogP contribution in [-0.4, -0.2) is 35.9 Å². The summed E-state index contributed by atoms with van der Waals surface area (Å²) in [5.74, 6) is -0.904. The summed E-state index contributed by atoms with van der Waals surface area (Å²) in [6, 6.07) is 7.04. The van der Waals surface area contributed by atoms with Crippen LogP contribution in [0.3, 0.4) is 0 Å². The number of ether oxygens (including phenoxy) is 1. The zero-order valence-electron chi connectivity index (χ0n) is 16.9. The van der Waals surface area contributed by atoms with Crippen molar-refractivity contribution in [1.82, 2.24) is 9.55 Å². The highest BCUT2D eigenvalue weighted by Gasteiger charge is 2.23. The first-order valence-electron chi connectivity index (χ1n) is 9.25. The summed E-state index contributed by atoms with van der Waals surface area (Å²) in [7, 11) is -1.16. The summed E-state index contributed by atoms with van der Waals surface area (Å²) in [6.07, 6.45) is 1.81. The van der Waals surface area contributed by atoms with Gasteiger partial charge < -0.3 is 15.0 Å². The highest BCUT2D eigenvalue weighted by molar-refractivity contribution is 9.11. The Labute approximate surface area is 183 Å². The zero-order valence-corrected chi connectivity index (χ0v) is 20.3. The molecule has 0 aliphatic rings. The molecule has 6 nitrogen and oxygen atoms in total. The molecule has 2 heterocycles. The summed E-state index contributed by atoms with van der Waals surface area (Å²) in [5, 5.41) is 1.06. The molecule has 0 radical (unpaired) electrons. The normalized spacial score (nSPS) is 11.9. The maximum Gasteiger partial charge on any atom is 0.269 e. The van der Waals surface area contributed by atoms with E-state index in [2.05, 4.69) is 40.6 Å². The van der Waals surface area contributed by atoms with E-state index in [1.165, 1.54) is 0 Å². The first-order valence-corrected chi connectivity index (χ1v) is 14.6. The molecule has 0 unspecified atom stereocenters. The Morgan fingerprint density at radius 2 is 2.03 bits per heavy atom. The molecule has 1 aromatic carbocycles. The zero-order chi connectivity index (χ0) is 21.3. The van der Waals surface area contributed by atoms with Crippen LogP contribution in [0.15, 0.2) is 28.2 Å². The molecule has 3 aromatic rings. The number of nitrogens with zero attached hydrogens (tertiary/aromatic N) is 2. The van der Waals surface area contributed by atoms with Gasteiger partial charge in [0.05, 0.1) is 11.1 Å². The number of hydrogen-bond donors (Lipinski definition) is 1. The highest BCUT2D eigenvalue weighted by atomic mass is 79.9. The van der Waals surface area contributed by atoms with Gasteiger partial charge in [0.25, 0.3) is 5.91 Å². The van der Waals surface area contributed by atoms with E-state index in [1.807, 2.05) is 29.7 Å². The lowest BCUT2D eigenvalue weighted by molar-refractivity contribution is 0.0899. The van der Waals surface area contributed by atoms with Gasteiger partial charge in [0.15, 0.2) is 10.7 Å². The van der Waals surface area contributed by atoms with E-state index >= 15 is 0 Å². The number of hydrogen-bond acceptors (Lipinski definition) is 5. The van der Waals surface area contributed by atoms with Crippen LogP contribution in [0.1, 0.15) is 31.4 Å². The monoisotopic (exact) mass is 493 g/mol. The molecule has 2 N–H and O–H groups in total. The summed E-state index contributed by atoms with van der Waals surface area (Å²) in [5.41, 5.74) is 7.97. The van der Waals surface area contributed by atoms with Crippen LogP contribution < -0.4 is 5.73 Å². The minimum Gasteiger partial charge on any atom is -0.364 e. The second kappa shape index (κ2) is 8.51. The van der Waals surface area contributed by atoms with E-state index in [1.54, 1.807) is 6.20 Å². The molecule has 0 aliphatic heterocycles. The maximum atomic E-state index is 13.1. The van der Waals surface area contributed by atoms with Crippen LogP contribution in [0.4, 0.5) is 0 Å². The third kappa shape index (κ3) is 5.03. The molecule has 0 saturated carbocycles. The maximum absolute atomic E-state index is 13.1. The summed E-state index contributed by atoms with van der Waals surface area (Å²) >= 11 is 4.37. The fourth-order valence-corrected chi connectivity index (χ4v) is 5.15. The quantitative estimate of drug-likeness (QED) is 0.277. The van der Waals surface area contributed by atoms with Gasteiger partial charge in [-0.05, 0) is 40.5 Å². The predicted molar refractivity (Wildman–Crippen MR) is 123 cm³/mol. The molecule has 3 rings (SSSR count). The highest BCUT2D eigenvalue weighted by Crippen LogP contribution is 2.30. The van der Waals surface area contributed by atoms with Gasteiger partial charge in [-0.1, -0.05) is 31.8 Å². The Morgan fingerprint density at radius 3 is 2.66 bits per heavy atom. The van der Waals surface area contributed by atoms with Crippen molar-refractivity contribution in [3.05, 3.63) is 50.0 Å². The van der Waals surface area contributed by atoms with Gasteiger partial charge >= 0.3 is 0 Å². The lowest BCUT2D eigenvalue weighted by Gasteiger charge is -2.15. The average Bonchev–Trinajstić information content (AvgIpc) is 3.18. The third-order valence-electron chi connectivity index (χ3n) is 4.52. The van der Waals surface area contributed by atoms with Crippen LogP contribution in [0, 0.1) is 6.92 Å². The molecule has 0 fully saturated rings. The summed E-state index contributed by atoms with van der Waals surface area (Å²) in [4.78, 5) is 28.7. The first kappa shape index (κ1) is 21.9. The lowest BCUT2D eigenvalue weighted by Crippen LogP contribution is -2.21. The molecule has 0 aliphatic carbocycles. The van der Waals surface area contributed by atoms with Crippen LogP contribution in [0.25, 0.3) is 10.9 Å². The fraction of sp³-hybridized carbons (Fsp3) is 0.350. The number of primary amides is 1. The molecule has 1 amide bonds. The Kier molecular flexibility index (Phi) is 6.42. The van der Waals surface area contributed by atoms with Gasteiger partial charge in [0.2, 0.25) is 5.78 Å². The standard InChI is InChI=1S/C20H24BrN3O3SSi/c1-12-5-6-13-14(17(25)20-23-16(19(22)26)18(21)28-20)10-24(15(13)9-12)11-27-7-8-29(2,3)4/h5-6,9-10H,7-8,11H2,1-4H3,(H2,22,26). The number of aryl methyl sites for hydroxylation is 1. The van der Waals surface area contributed by atoms with E-state index in [-0.39, 0.29) is 16.5 Å². The van der Waals surface area contributed by atoms with Gasteiger partial charge in [-0.15, -0.1) is 11.3 Å². The van der Waals surface area contributed by atoms with Crippen LogP contribution in [0.5, 0.6) is 0 Å². The Balaban J connectivity index is 1.93. The van der Waals surface area contributed by atoms with E-state index in [4.69, 9.17) is 10.5 Å². The van der Waals surface area contributed by atoms with Crippen molar-refractivity contribution >= 4 is 57.9 Å². The molecule has 154 valence electrons. The van der Waals surface area contributed by atoms with Gasteiger partial charge in [0, 0.05) is 26.3 Å². The van der Waals surface area contributed by atoms with Crippen molar-refractivity contribution in [2.45, 2.75) is 39.3 Å². The number of benzene rings is 1. The molecular weight excluding hydrogens is 470 g/mol. The van der Waals surface area contributed by atoms with Crippen molar-refractivity contribution in [1.29, 1.82) is 0 Å². The Morgan fingerprint density at radius 1 is 1.31 bits per heavy atom. The predicted octanol–water partition coefficient (Wildman–Crippen LogP) is 4.81. The molecule has 9 heteroatoms. The minimum absolute atomic E-state index is 0.0765. The molecule has 2 aromatic heterocycles. The number of amides is 1. The number of thiazole rings is 1. The van der Waals surface area contributed by atoms with Crippen LogP contribution in [-0.2, 0) is 11.5 Å². The number of rotatable bonds is 8. The third-order valence-corrected chi connectivity index (χ3v) is 7.93. The number of carbonyl (C=O) groups excluding carboxylic acids is 2. The fourth-order valence-electron chi connectivity index (χ4n) is 2.90. The average molecular weight is 494 g/mol. The first-order chi connectivity index (χ1) is 13.6. The second-order valence-corrected chi connectivity index (χ2v) is 16.2. The molecule has 0 spiro atoms. The SMILES string of the molecule is Cc1ccc2c(C(=O)c3nc(C(N)=O)c(Br)s3)cn(COCC[Si](C)(C)C)c2c1. The van der Waals surface area contributed by atoms with Gasteiger partial charge in [-0.25, -0.2) is 4.98 Å². The van der Waals surface area contributed by atoms with E-state index in [0.29, 0.717) is 22.7 Å². The smallest absolute Gasteiger partial charge is 0.269 e. The van der Waals surface area contributed by atoms with Crippen LogP contribution in [0.2, 0.25) is 25.7 Å². The molecule has 0 saturated heterocycles. The summed E-state index contributed by atoms with van der Waals surface area (Å²) in [6.45, 7) is 10.0. The van der Waals surface area contributed by atoms with E-state index in [0.717, 1.165) is 33.8 Å². The van der Waals surface area contributed by atoms with Crippen molar-refractivity contribution in [2.24, 2.45) is 5.73 Å². The molecule has 0 bridgehead atoms. The van der Waals surface area contributed by atoms with E-state index in [9.17, 15) is 9.59 Å². The number of carbonyl (C=O) groups is 2. The summed E-state index contributed by atoms with van der Waals surface area (Å²) < 4.78 is 8.32. The minimum atomic E-state index is -1.16. The Bertz CT molecular complexity index is 1080. The van der Waals surface area contributed by atoms with Gasteiger partial charge in [-0.3, -0.25) is 9.59 Å². The number of ketones is 1. The van der Waals surface area contributed by atoms with Crippen molar-refractivity contribution < 1.29 is 14.3 Å². The van der Waals surface area contributed by atoms with Gasteiger partial charge in [-0.2, -0.15) is 0 Å². The topological polar surface area (TPSA) is 87.2 Å². The van der Waals surface area contributed by atoms with Crippen molar-refractivity contribution in [3.63, 3.8) is 0 Å². The Hall–Kier alpha value is -1.81. The molecule has 0 atom stereocenters. The number of nitrogens with two attached hydrogens (primary N) is 1. The van der Waals surface area contributed by atoms with E-state index < -0.39 is 14.0 Å². The lowest BCUT2D eigenvalue weighted by atomic mass is 10.1. The largest absolute Gasteiger partial charge is 0.364 e. The number of aromatic nitrogens is 2. The van der Waals surface area contributed by atoms with Gasteiger partial charge in [0.1, 0.15) is 10.5 Å². The molecular formula is C20H24BrN3O3SSi. The van der Waals surface area contributed by atoms with Crippen molar-refractivity contribution in [2.75, 3.05) is 6.61 Å².